The van der Waals surface area contributed by atoms with Crippen molar-refractivity contribution in [3.05, 3.63) is 63.1 Å². The second kappa shape index (κ2) is 6.03. The smallest absolute Gasteiger partial charge is 0.343 e. The molecule has 0 bridgehead atoms. The maximum absolute atomic E-state index is 13.3. The molecule has 1 N–H and O–H groups in total. The summed E-state index contributed by atoms with van der Waals surface area (Å²) in [7, 11) is 0. The van der Waals surface area contributed by atoms with Crippen LogP contribution in [0.4, 0.5) is 5.69 Å². The van der Waals surface area contributed by atoms with Gasteiger partial charge in [0, 0.05) is 36.3 Å². The summed E-state index contributed by atoms with van der Waals surface area (Å²) in [4.78, 5) is 39.9. The zero-order valence-corrected chi connectivity index (χ0v) is 16.3. The molecule has 0 radical (unpaired) electrons. The highest BCUT2D eigenvalue weighted by Crippen LogP contribution is 2.47. The van der Waals surface area contributed by atoms with Gasteiger partial charge < -0.3 is 19.3 Å². The van der Waals surface area contributed by atoms with Crippen LogP contribution >= 0.6 is 0 Å². The van der Waals surface area contributed by atoms with Gasteiger partial charge >= 0.3 is 5.97 Å². The van der Waals surface area contributed by atoms with Gasteiger partial charge in [-0.3, -0.25) is 9.59 Å². The molecule has 7 heteroatoms. The van der Waals surface area contributed by atoms with E-state index in [0.29, 0.717) is 23.4 Å². The van der Waals surface area contributed by atoms with Crippen molar-refractivity contribution in [2.75, 3.05) is 4.90 Å². The molecular formula is C22H22N2O5. The van der Waals surface area contributed by atoms with Gasteiger partial charge in [0.05, 0.1) is 11.6 Å². The summed E-state index contributed by atoms with van der Waals surface area (Å²) >= 11 is 0. The first-order chi connectivity index (χ1) is 13.9. The van der Waals surface area contributed by atoms with Crippen LogP contribution in [0.5, 0.6) is 0 Å². The zero-order chi connectivity index (χ0) is 20.5. The van der Waals surface area contributed by atoms with Crippen molar-refractivity contribution >= 4 is 17.6 Å². The number of nitrogens with zero attached hydrogens (tertiary/aromatic N) is 2. The van der Waals surface area contributed by atoms with Gasteiger partial charge in [-0.05, 0) is 30.5 Å². The first kappa shape index (κ1) is 18.1. The monoisotopic (exact) mass is 394 g/mol. The van der Waals surface area contributed by atoms with E-state index in [1.807, 2.05) is 24.3 Å². The number of para-hydroxylation sites is 1. The van der Waals surface area contributed by atoms with E-state index in [-0.39, 0.29) is 36.5 Å². The maximum Gasteiger partial charge on any atom is 0.343 e. The van der Waals surface area contributed by atoms with Crippen molar-refractivity contribution < 1.29 is 19.4 Å². The molecule has 3 aliphatic rings. The topological polar surface area (TPSA) is 88.8 Å². The van der Waals surface area contributed by atoms with E-state index in [4.69, 9.17) is 4.74 Å². The minimum atomic E-state index is -1.84. The van der Waals surface area contributed by atoms with E-state index in [1.54, 1.807) is 22.5 Å². The molecule has 2 aromatic rings. The van der Waals surface area contributed by atoms with Gasteiger partial charge in [-0.15, -0.1) is 0 Å². The van der Waals surface area contributed by atoms with E-state index in [2.05, 4.69) is 0 Å². The second-order valence-corrected chi connectivity index (χ2v) is 8.09. The van der Waals surface area contributed by atoms with E-state index in [1.165, 1.54) is 6.92 Å². The summed E-state index contributed by atoms with van der Waals surface area (Å²) in [6.45, 7) is 3.56. The minimum absolute atomic E-state index is 0.0525. The summed E-state index contributed by atoms with van der Waals surface area (Å²) < 4.78 is 6.80. The molecule has 1 aromatic heterocycles. The lowest BCUT2D eigenvalue weighted by Crippen LogP contribution is -2.45. The van der Waals surface area contributed by atoms with Crippen molar-refractivity contribution in [2.24, 2.45) is 5.92 Å². The number of rotatable bonds is 1. The van der Waals surface area contributed by atoms with Crippen molar-refractivity contribution in [3.8, 4) is 0 Å². The van der Waals surface area contributed by atoms with E-state index in [0.717, 1.165) is 17.7 Å². The van der Waals surface area contributed by atoms with Gasteiger partial charge in [-0.1, -0.05) is 25.1 Å². The number of pyridine rings is 1. The lowest BCUT2D eigenvalue weighted by molar-refractivity contribution is -0.172. The summed E-state index contributed by atoms with van der Waals surface area (Å²) in [6.07, 6.45) is 0.860. The molecular weight excluding hydrogens is 372 g/mol. The Morgan fingerprint density at radius 2 is 2.07 bits per heavy atom. The Morgan fingerprint density at radius 1 is 1.31 bits per heavy atom. The summed E-state index contributed by atoms with van der Waals surface area (Å²) in [5.74, 6) is -0.781. The lowest BCUT2D eigenvalue weighted by atomic mass is 9.83. The Labute approximate surface area is 167 Å². The first-order valence-electron chi connectivity index (χ1n) is 9.91. The van der Waals surface area contributed by atoms with Crippen LogP contribution in [0, 0.1) is 5.92 Å². The molecule has 0 saturated carbocycles. The van der Waals surface area contributed by atoms with Gasteiger partial charge in [0.25, 0.3) is 5.56 Å². The fourth-order valence-electron chi connectivity index (χ4n) is 5.16. The van der Waals surface area contributed by atoms with Crippen molar-refractivity contribution in [1.29, 1.82) is 0 Å². The van der Waals surface area contributed by atoms with Crippen LogP contribution in [-0.4, -0.2) is 21.6 Å². The molecule has 4 heterocycles. The molecule has 29 heavy (non-hydrogen) atoms. The number of ether oxygens (including phenoxy) is 1. The van der Waals surface area contributed by atoms with Crippen LogP contribution in [0.1, 0.15) is 48.7 Å². The average molecular weight is 394 g/mol. The van der Waals surface area contributed by atoms with Crippen molar-refractivity contribution in [2.45, 2.75) is 51.5 Å². The number of fused-ring (bicyclic) bond motifs is 5. The van der Waals surface area contributed by atoms with Gasteiger partial charge in [-0.2, -0.15) is 0 Å². The third-order valence-electron chi connectivity index (χ3n) is 6.59. The molecule has 3 aliphatic heterocycles. The first-order valence-corrected chi connectivity index (χ1v) is 9.91. The number of carbonyl (C=O) groups is 2. The van der Waals surface area contributed by atoms with Crippen LogP contribution < -0.4 is 10.5 Å². The van der Waals surface area contributed by atoms with Gasteiger partial charge in [0.2, 0.25) is 5.91 Å². The van der Waals surface area contributed by atoms with Gasteiger partial charge in [0.1, 0.15) is 6.61 Å². The number of carbonyl (C=O) groups excluding carboxylic acids is 2. The van der Waals surface area contributed by atoms with Crippen molar-refractivity contribution in [3.63, 3.8) is 0 Å². The van der Waals surface area contributed by atoms with Gasteiger partial charge in [-0.25, -0.2) is 4.79 Å². The Kier molecular flexibility index (Phi) is 3.77. The van der Waals surface area contributed by atoms with E-state index >= 15 is 0 Å². The number of hydrogen-bond donors (Lipinski definition) is 1. The van der Waals surface area contributed by atoms with E-state index in [9.17, 15) is 19.5 Å². The Balaban J connectivity index is 1.74. The predicted molar refractivity (Wildman–Crippen MR) is 104 cm³/mol. The van der Waals surface area contributed by atoms with Crippen LogP contribution in [0.3, 0.4) is 0 Å². The molecule has 1 aromatic carbocycles. The zero-order valence-electron chi connectivity index (χ0n) is 16.3. The highest BCUT2D eigenvalue weighted by atomic mass is 16.6. The largest absolute Gasteiger partial charge is 0.458 e. The summed E-state index contributed by atoms with van der Waals surface area (Å²) in [6, 6.07) is 9.23. The molecule has 0 spiro atoms. The highest BCUT2D eigenvalue weighted by molar-refractivity contribution is 5.94. The molecule has 150 valence electrons. The number of amides is 1. The Morgan fingerprint density at radius 3 is 2.79 bits per heavy atom. The van der Waals surface area contributed by atoms with Crippen LogP contribution in [-0.2, 0) is 39.5 Å². The second-order valence-electron chi connectivity index (χ2n) is 8.09. The number of benzene rings is 1. The Hall–Kier alpha value is -2.93. The van der Waals surface area contributed by atoms with Crippen molar-refractivity contribution in [1.82, 2.24) is 4.57 Å². The molecule has 5 rings (SSSR count). The predicted octanol–water partition coefficient (Wildman–Crippen LogP) is 1.78. The molecule has 0 aliphatic carbocycles. The lowest BCUT2D eigenvalue weighted by Gasteiger charge is -2.38. The number of aliphatic hydroxyl groups is 1. The number of cyclic esters (lactones) is 1. The molecule has 0 saturated heterocycles. The molecule has 1 amide bonds. The number of hydrogen-bond acceptors (Lipinski definition) is 5. The van der Waals surface area contributed by atoms with Crippen LogP contribution in [0.25, 0.3) is 0 Å². The summed E-state index contributed by atoms with van der Waals surface area (Å²) in [5.41, 5.74) is 1.15. The standard InChI is InChI=1S/C22H22N2O5/c1-3-22(28)16-9-18-19-14(10-23(18)20(26)15(16)11-29-21(22)27)8-13-6-4-5-7-17(13)24(19)12(2)25/h4-7,9,14,19,28H,3,8,10-11H2,1-2H3/t14?,19?,22-/m0/s1. The molecule has 0 fully saturated rings. The third kappa shape index (κ3) is 2.31. The number of esters is 1. The summed E-state index contributed by atoms with van der Waals surface area (Å²) in [5, 5.41) is 11.0. The quantitative estimate of drug-likeness (QED) is 0.745. The Bertz CT molecular complexity index is 1120. The maximum atomic E-state index is 13.3. The minimum Gasteiger partial charge on any atom is -0.458 e. The molecule has 2 unspecified atom stereocenters. The SMILES string of the molecule is CC[C@@]1(O)C(=O)OCc2c1cc1n(c2=O)CC2Cc3ccccc3N(C(C)=O)C12. The highest BCUT2D eigenvalue weighted by Gasteiger charge is 2.48. The van der Waals surface area contributed by atoms with Gasteiger partial charge in [0.15, 0.2) is 5.60 Å². The molecule has 7 nitrogen and oxygen atoms in total. The fourth-order valence-corrected chi connectivity index (χ4v) is 5.16. The molecule has 3 atom stereocenters. The normalized spacial score (nSPS) is 26.9. The number of anilines is 1. The van der Waals surface area contributed by atoms with Crippen LogP contribution in [0.2, 0.25) is 0 Å². The van der Waals surface area contributed by atoms with Crippen LogP contribution in [0.15, 0.2) is 35.1 Å². The fraction of sp³-hybridized carbons (Fsp3) is 0.409. The average Bonchev–Trinajstić information content (AvgIpc) is 3.07. The number of aromatic nitrogens is 1. The third-order valence-corrected chi connectivity index (χ3v) is 6.59. The van der Waals surface area contributed by atoms with E-state index < -0.39 is 11.6 Å².